The van der Waals surface area contributed by atoms with Gasteiger partial charge in [-0.1, -0.05) is 66.7 Å². The van der Waals surface area contributed by atoms with Gasteiger partial charge in [-0.05, 0) is 53.0 Å². The molecule has 192 valence electrons. The van der Waals surface area contributed by atoms with Gasteiger partial charge in [0.1, 0.15) is 17.1 Å². The molecule has 5 nitrogen and oxygen atoms in total. The molecule has 0 bridgehead atoms. The first kappa shape index (κ1) is 23.6. The number of anilines is 5. The summed E-state index contributed by atoms with van der Waals surface area (Å²) in [5.74, 6) is 0.860. The van der Waals surface area contributed by atoms with Gasteiger partial charge in [-0.25, -0.2) is 4.98 Å². The molecule has 39 heavy (non-hydrogen) atoms. The number of para-hydroxylation sites is 2. The topological polar surface area (TPSA) is 52.5 Å². The summed E-state index contributed by atoms with van der Waals surface area (Å²) >= 11 is 0. The molecule has 0 saturated heterocycles. The zero-order chi connectivity index (χ0) is 26.5. The fourth-order valence-corrected chi connectivity index (χ4v) is 5.07. The maximum atomic E-state index is 11.2. The van der Waals surface area contributed by atoms with Crippen molar-refractivity contribution in [3.05, 3.63) is 121 Å². The van der Waals surface area contributed by atoms with Gasteiger partial charge < -0.3 is 14.9 Å². The molecule has 1 aliphatic rings. The van der Waals surface area contributed by atoms with Gasteiger partial charge in [0.2, 0.25) is 0 Å². The summed E-state index contributed by atoms with van der Waals surface area (Å²) in [4.78, 5) is 13.8. The first-order valence-electron chi connectivity index (χ1n) is 12.9. The number of aromatic hydroxyl groups is 1. The quantitative estimate of drug-likeness (QED) is 0.191. The van der Waals surface area contributed by atoms with Crippen LogP contribution in [0.15, 0.2) is 115 Å². The predicted molar refractivity (Wildman–Crippen MR) is 154 cm³/mol. The van der Waals surface area contributed by atoms with Gasteiger partial charge in [0, 0.05) is 45.3 Å². The van der Waals surface area contributed by atoms with Crippen molar-refractivity contribution in [2.45, 2.75) is 0 Å². The summed E-state index contributed by atoms with van der Waals surface area (Å²) in [6.07, 6.45) is 1.79. The third-order valence-electron chi connectivity index (χ3n) is 6.96. The molecular formula is C33H23N4OPt-. The smallest absolute Gasteiger partial charge is 0.148 e. The molecule has 0 unspecified atom stereocenters. The zero-order valence-electron chi connectivity index (χ0n) is 21.9. The standard InChI is InChI=1S/C33H23N4O.Pt/c1-36-27-11-5-6-12-29(27)37(31-13-7-8-20-34-31)30-21-24(16-19-28(30)36)26-18-15-23-14-17-25(33(38)32(23)35-26)22-9-3-2-4-10-22;/h2-20,38H,1H3;/q-1;/i14D;. The van der Waals surface area contributed by atoms with Crippen LogP contribution in [0.1, 0.15) is 1.37 Å². The summed E-state index contributed by atoms with van der Waals surface area (Å²) in [6.45, 7) is 0. The third-order valence-corrected chi connectivity index (χ3v) is 6.96. The van der Waals surface area contributed by atoms with Crippen LogP contribution in [0, 0.1) is 6.07 Å². The summed E-state index contributed by atoms with van der Waals surface area (Å²) in [5, 5.41) is 11.8. The number of nitrogens with zero attached hydrogens (tertiary/aromatic N) is 4. The summed E-state index contributed by atoms with van der Waals surface area (Å²) in [7, 11) is 2.05. The normalized spacial score (nSPS) is 12.4. The Morgan fingerprint density at radius 2 is 1.56 bits per heavy atom. The molecule has 0 fully saturated rings. The molecule has 6 heteroatoms. The number of phenols is 1. The third kappa shape index (κ3) is 4.16. The fourth-order valence-electron chi connectivity index (χ4n) is 5.07. The minimum atomic E-state index is 0. The Hall–Kier alpha value is -4.47. The molecule has 3 heterocycles. The first-order valence-corrected chi connectivity index (χ1v) is 12.4. The monoisotopic (exact) mass is 687 g/mol. The molecular weight excluding hydrogens is 663 g/mol. The molecule has 4 aromatic carbocycles. The van der Waals surface area contributed by atoms with E-state index in [1.165, 1.54) is 0 Å². The van der Waals surface area contributed by atoms with E-state index in [2.05, 4.69) is 39.0 Å². The zero-order valence-corrected chi connectivity index (χ0v) is 23.2. The van der Waals surface area contributed by atoms with E-state index in [-0.39, 0.29) is 26.8 Å². The Kier molecular flexibility index (Phi) is 6.07. The van der Waals surface area contributed by atoms with E-state index in [0.29, 0.717) is 28.2 Å². The molecule has 0 amide bonds. The van der Waals surface area contributed by atoms with Gasteiger partial charge in [-0.15, -0.1) is 23.8 Å². The molecule has 1 aliphatic heterocycles. The summed E-state index contributed by atoms with van der Waals surface area (Å²) in [6, 6.07) is 37.1. The second-order valence-corrected chi connectivity index (χ2v) is 9.19. The van der Waals surface area contributed by atoms with Gasteiger partial charge in [-0.3, -0.25) is 4.98 Å². The van der Waals surface area contributed by atoms with E-state index in [0.717, 1.165) is 39.7 Å². The van der Waals surface area contributed by atoms with Crippen molar-refractivity contribution < 1.29 is 27.5 Å². The van der Waals surface area contributed by atoms with Crippen LogP contribution in [0.5, 0.6) is 5.75 Å². The molecule has 0 radical (unpaired) electrons. The number of fused-ring (bicyclic) bond motifs is 3. The maximum absolute atomic E-state index is 11.2. The largest absolute Gasteiger partial charge is 0.505 e. The number of phenolic OH excluding ortho intramolecular Hbond substituents is 1. The average molecular weight is 688 g/mol. The number of pyridine rings is 2. The Labute approximate surface area is 242 Å². The van der Waals surface area contributed by atoms with Crippen LogP contribution < -0.4 is 9.80 Å². The number of aromatic nitrogens is 2. The average Bonchev–Trinajstić information content (AvgIpc) is 2.99. The maximum Gasteiger partial charge on any atom is 0.148 e. The van der Waals surface area contributed by atoms with Crippen molar-refractivity contribution in [2.75, 3.05) is 16.8 Å². The minimum Gasteiger partial charge on any atom is -0.505 e. The molecule has 0 aliphatic carbocycles. The van der Waals surface area contributed by atoms with Crippen LogP contribution in [0.3, 0.4) is 0 Å². The number of hydrogen-bond donors (Lipinski definition) is 1. The Bertz CT molecular complexity index is 1860. The molecule has 6 aromatic rings. The Balaban J connectivity index is 0.00000289. The van der Waals surface area contributed by atoms with Crippen LogP contribution in [0.25, 0.3) is 33.3 Å². The number of hydrogen-bond acceptors (Lipinski definition) is 5. The molecule has 2 aromatic heterocycles. The molecule has 1 N–H and O–H groups in total. The Morgan fingerprint density at radius 3 is 2.36 bits per heavy atom. The summed E-state index contributed by atoms with van der Waals surface area (Å²) < 4.78 is 8.59. The molecule has 0 spiro atoms. The second-order valence-electron chi connectivity index (χ2n) is 9.19. The van der Waals surface area contributed by atoms with Gasteiger partial charge >= 0.3 is 0 Å². The van der Waals surface area contributed by atoms with E-state index in [4.69, 9.17) is 6.35 Å². The van der Waals surface area contributed by atoms with Crippen molar-refractivity contribution in [2.24, 2.45) is 0 Å². The minimum absolute atomic E-state index is 0. The SMILES string of the molecule is [2H]c1cc(-c2ccccc2)c(O)c2nc(-c3[c-]c4c(cc3)N(C)c3ccccc3N4c3ccccn3)ccc12.[Pt]. The van der Waals surface area contributed by atoms with Crippen LogP contribution in [0.4, 0.5) is 28.6 Å². The van der Waals surface area contributed by atoms with Crippen molar-refractivity contribution in [1.29, 1.82) is 0 Å². The van der Waals surface area contributed by atoms with Gasteiger partial charge in [-0.2, -0.15) is 0 Å². The van der Waals surface area contributed by atoms with Crippen molar-refractivity contribution in [3.63, 3.8) is 0 Å². The predicted octanol–water partition coefficient (Wildman–Crippen LogP) is 8.02. The van der Waals surface area contributed by atoms with Crippen LogP contribution in [-0.4, -0.2) is 22.1 Å². The van der Waals surface area contributed by atoms with E-state index in [9.17, 15) is 5.11 Å². The van der Waals surface area contributed by atoms with E-state index >= 15 is 0 Å². The van der Waals surface area contributed by atoms with E-state index in [1.54, 1.807) is 12.3 Å². The first-order chi connectivity index (χ1) is 19.1. The fraction of sp³-hybridized carbons (Fsp3) is 0.0303. The van der Waals surface area contributed by atoms with E-state index < -0.39 is 0 Å². The summed E-state index contributed by atoms with van der Waals surface area (Å²) in [5.41, 5.74) is 7.20. The van der Waals surface area contributed by atoms with E-state index in [1.807, 2.05) is 85.9 Å². The van der Waals surface area contributed by atoms with Crippen LogP contribution in [0.2, 0.25) is 0 Å². The van der Waals surface area contributed by atoms with Crippen LogP contribution >= 0.6 is 0 Å². The van der Waals surface area contributed by atoms with Crippen molar-refractivity contribution >= 4 is 39.5 Å². The second kappa shape index (κ2) is 10.0. The number of benzene rings is 4. The van der Waals surface area contributed by atoms with Gasteiger partial charge in [0.05, 0.1) is 12.7 Å². The molecule has 0 atom stereocenters. The van der Waals surface area contributed by atoms with Crippen molar-refractivity contribution in [3.8, 4) is 28.1 Å². The van der Waals surface area contributed by atoms with Crippen molar-refractivity contribution in [1.82, 2.24) is 9.97 Å². The van der Waals surface area contributed by atoms with Gasteiger partial charge in [0.15, 0.2) is 0 Å². The number of rotatable bonds is 3. The van der Waals surface area contributed by atoms with Crippen LogP contribution in [-0.2, 0) is 21.1 Å². The molecule has 7 rings (SSSR count). The Morgan fingerprint density at radius 1 is 0.795 bits per heavy atom. The molecule has 0 saturated carbocycles. The van der Waals surface area contributed by atoms with Gasteiger partial charge in [0.25, 0.3) is 0 Å².